The number of aromatic nitrogens is 2. The van der Waals surface area contributed by atoms with Gasteiger partial charge in [-0.25, -0.2) is 9.97 Å². The maximum atomic E-state index is 12.4. The molecule has 1 heterocycles. The van der Waals surface area contributed by atoms with Gasteiger partial charge >= 0.3 is 0 Å². The van der Waals surface area contributed by atoms with E-state index in [4.69, 9.17) is 9.47 Å². The highest BCUT2D eigenvalue weighted by atomic mass is 16.5. The average molecular weight is 364 g/mol. The fourth-order valence-electron chi connectivity index (χ4n) is 2.39. The molecule has 1 amide bonds. The highest BCUT2D eigenvalue weighted by Gasteiger charge is 2.10. The summed E-state index contributed by atoms with van der Waals surface area (Å²) in [6.07, 6.45) is 2.94. The van der Waals surface area contributed by atoms with Crippen molar-refractivity contribution >= 4 is 23.2 Å². The Hall–Kier alpha value is -3.61. The van der Waals surface area contributed by atoms with E-state index in [1.165, 1.54) is 25.1 Å². The van der Waals surface area contributed by atoms with E-state index in [2.05, 4.69) is 20.6 Å². The van der Waals surface area contributed by atoms with Gasteiger partial charge in [0.15, 0.2) is 11.5 Å². The molecule has 0 radical (unpaired) electrons. The molecule has 7 heteroatoms. The number of benzene rings is 2. The Kier molecular flexibility index (Phi) is 5.51. The molecule has 1 aromatic heterocycles. The largest absolute Gasteiger partial charge is 0.493 e. The Balaban J connectivity index is 1.67. The molecule has 0 saturated carbocycles. The number of rotatable bonds is 6. The van der Waals surface area contributed by atoms with Gasteiger partial charge in [0.2, 0.25) is 5.95 Å². The van der Waals surface area contributed by atoms with Crippen molar-refractivity contribution in [1.82, 2.24) is 9.97 Å². The molecule has 2 aromatic carbocycles. The van der Waals surface area contributed by atoms with Crippen molar-refractivity contribution < 1.29 is 14.3 Å². The molecule has 0 aliphatic heterocycles. The number of nitrogens with one attached hydrogen (secondary N) is 2. The molecule has 7 nitrogen and oxygen atoms in total. The van der Waals surface area contributed by atoms with Crippen LogP contribution >= 0.6 is 0 Å². The van der Waals surface area contributed by atoms with Crippen LogP contribution < -0.4 is 20.1 Å². The lowest BCUT2D eigenvalue weighted by atomic mass is 10.2. The van der Waals surface area contributed by atoms with E-state index in [9.17, 15) is 4.79 Å². The maximum Gasteiger partial charge on any atom is 0.258 e. The molecule has 2 N–H and O–H groups in total. The number of nitrogens with zero attached hydrogens (tertiary/aromatic N) is 2. The number of ether oxygens (including phenoxy) is 2. The lowest BCUT2D eigenvalue weighted by molar-refractivity contribution is 0.102. The highest BCUT2D eigenvalue weighted by molar-refractivity contribution is 6.04. The second kappa shape index (κ2) is 8.18. The Morgan fingerprint density at radius 2 is 1.52 bits per heavy atom. The number of aryl methyl sites for hydroxylation is 1. The van der Waals surface area contributed by atoms with Gasteiger partial charge in [-0.2, -0.15) is 0 Å². The third kappa shape index (κ3) is 4.52. The second-order valence-electron chi connectivity index (χ2n) is 5.81. The minimum Gasteiger partial charge on any atom is -0.493 e. The predicted octanol–water partition coefficient (Wildman–Crippen LogP) is 3.80. The first-order valence-corrected chi connectivity index (χ1v) is 8.28. The molecule has 0 bridgehead atoms. The number of methoxy groups -OCH3 is 2. The van der Waals surface area contributed by atoms with Crippen molar-refractivity contribution in [3.8, 4) is 11.5 Å². The molecule has 27 heavy (non-hydrogen) atoms. The SMILES string of the molecule is COc1ccc(NC(=O)c2cnc(Nc3ccc(C)cc3)nc2)cc1OC. The Bertz CT molecular complexity index is 925. The lowest BCUT2D eigenvalue weighted by Gasteiger charge is -2.10. The van der Waals surface area contributed by atoms with Crippen LogP contribution in [0.15, 0.2) is 54.9 Å². The summed E-state index contributed by atoms with van der Waals surface area (Å²) in [5.41, 5.74) is 2.98. The molecular weight excluding hydrogens is 344 g/mol. The van der Waals surface area contributed by atoms with Crippen LogP contribution in [0, 0.1) is 6.92 Å². The fraction of sp³-hybridized carbons (Fsp3) is 0.150. The summed E-state index contributed by atoms with van der Waals surface area (Å²) in [6, 6.07) is 13.0. The van der Waals surface area contributed by atoms with Gasteiger partial charge in [-0.05, 0) is 31.2 Å². The molecule has 0 unspecified atom stereocenters. The quantitative estimate of drug-likeness (QED) is 0.692. The van der Waals surface area contributed by atoms with Crippen LogP contribution in [0.2, 0.25) is 0 Å². The van der Waals surface area contributed by atoms with Crippen LogP contribution in [-0.2, 0) is 0 Å². The first-order valence-electron chi connectivity index (χ1n) is 8.28. The third-order valence-electron chi connectivity index (χ3n) is 3.86. The Labute approximate surface area is 157 Å². The number of carbonyl (C=O) groups excluding carboxylic acids is 1. The summed E-state index contributed by atoms with van der Waals surface area (Å²) in [5.74, 6) is 1.22. The predicted molar refractivity (Wildman–Crippen MR) is 104 cm³/mol. The zero-order chi connectivity index (χ0) is 19.2. The topological polar surface area (TPSA) is 85.4 Å². The molecule has 138 valence electrons. The number of hydrogen-bond donors (Lipinski definition) is 2. The molecule has 3 aromatic rings. The van der Waals surface area contributed by atoms with Gasteiger partial charge in [0.1, 0.15) is 0 Å². The monoisotopic (exact) mass is 364 g/mol. The van der Waals surface area contributed by atoms with Crippen LogP contribution in [0.5, 0.6) is 11.5 Å². The van der Waals surface area contributed by atoms with Gasteiger partial charge < -0.3 is 20.1 Å². The molecule has 0 aliphatic carbocycles. The smallest absolute Gasteiger partial charge is 0.258 e. The zero-order valence-electron chi connectivity index (χ0n) is 15.3. The third-order valence-corrected chi connectivity index (χ3v) is 3.86. The van der Waals surface area contributed by atoms with Crippen LogP contribution in [0.4, 0.5) is 17.3 Å². The van der Waals surface area contributed by atoms with E-state index in [-0.39, 0.29) is 5.91 Å². The van der Waals surface area contributed by atoms with E-state index in [0.29, 0.717) is 28.7 Å². The van der Waals surface area contributed by atoms with Crippen LogP contribution in [0.1, 0.15) is 15.9 Å². The van der Waals surface area contributed by atoms with Crippen molar-refractivity contribution in [2.24, 2.45) is 0 Å². The van der Waals surface area contributed by atoms with Crippen LogP contribution in [-0.4, -0.2) is 30.1 Å². The van der Waals surface area contributed by atoms with Crippen molar-refractivity contribution in [3.63, 3.8) is 0 Å². The van der Waals surface area contributed by atoms with Crippen molar-refractivity contribution in [2.45, 2.75) is 6.92 Å². The number of anilines is 3. The van der Waals surface area contributed by atoms with Gasteiger partial charge in [0, 0.05) is 29.8 Å². The zero-order valence-corrected chi connectivity index (χ0v) is 15.3. The van der Waals surface area contributed by atoms with Gasteiger partial charge in [0.05, 0.1) is 19.8 Å². The molecule has 3 rings (SSSR count). The summed E-state index contributed by atoms with van der Waals surface area (Å²) in [4.78, 5) is 20.8. The van der Waals surface area contributed by atoms with Crippen molar-refractivity contribution in [2.75, 3.05) is 24.9 Å². The summed E-state index contributed by atoms with van der Waals surface area (Å²) in [6.45, 7) is 2.02. The van der Waals surface area contributed by atoms with Crippen molar-refractivity contribution in [3.05, 3.63) is 66.0 Å². The first-order chi connectivity index (χ1) is 13.1. The number of carbonyl (C=O) groups is 1. The minimum absolute atomic E-state index is 0.316. The molecule has 0 aliphatic rings. The number of hydrogen-bond acceptors (Lipinski definition) is 6. The normalized spacial score (nSPS) is 10.2. The van der Waals surface area contributed by atoms with Gasteiger partial charge in [-0.1, -0.05) is 17.7 Å². The lowest BCUT2D eigenvalue weighted by Crippen LogP contribution is -2.13. The van der Waals surface area contributed by atoms with E-state index in [1.807, 2.05) is 31.2 Å². The summed E-state index contributed by atoms with van der Waals surface area (Å²) in [7, 11) is 3.09. The molecular formula is C20H20N4O3. The van der Waals surface area contributed by atoms with E-state index in [1.54, 1.807) is 25.3 Å². The molecule has 0 spiro atoms. The number of amides is 1. The van der Waals surface area contributed by atoms with Gasteiger partial charge in [-0.3, -0.25) is 4.79 Å². The Morgan fingerprint density at radius 3 is 2.15 bits per heavy atom. The van der Waals surface area contributed by atoms with Gasteiger partial charge in [0.25, 0.3) is 5.91 Å². The van der Waals surface area contributed by atoms with E-state index in [0.717, 1.165) is 5.69 Å². The van der Waals surface area contributed by atoms with Crippen molar-refractivity contribution in [1.29, 1.82) is 0 Å². The fourth-order valence-corrected chi connectivity index (χ4v) is 2.39. The summed E-state index contributed by atoms with van der Waals surface area (Å²) in [5, 5.41) is 5.88. The van der Waals surface area contributed by atoms with Crippen LogP contribution in [0.3, 0.4) is 0 Å². The van der Waals surface area contributed by atoms with E-state index < -0.39 is 0 Å². The Morgan fingerprint density at radius 1 is 0.889 bits per heavy atom. The standard InChI is InChI=1S/C20H20N4O3/c1-13-4-6-15(7-5-13)24-20-21-11-14(12-22-20)19(25)23-16-8-9-17(26-2)18(10-16)27-3/h4-12H,1-3H3,(H,23,25)(H,21,22,24). The summed E-state index contributed by atoms with van der Waals surface area (Å²) >= 11 is 0. The highest BCUT2D eigenvalue weighted by Crippen LogP contribution is 2.29. The first kappa shape index (κ1) is 18.2. The van der Waals surface area contributed by atoms with Crippen LogP contribution in [0.25, 0.3) is 0 Å². The van der Waals surface area contributed by atoms with Gasteiger partial charge in [-0.15, -0.1) is 0 Å². The molecule has 0 saturated heterocycles. The second-order valence-corrected chi connectivity index (χ2v) is 5.81. The molecule has 0 atom stereocenters. The van der Waals surface area contributed by atoms with E-state index >= 15 is 0 Å². The molecule has 0 fully saturated rings. The average Bonchev–Trinajstić information content (AvgIpc) is 2.70. The minimum atomic E-state index is -0.316. The summed E-state index contributed by atoms with van der Waals surface area (Å²) < 4.78 is 10.4. The maximum absolute atomic E-state index is 12.4.